The van der Waals surface area contributed by atoms with Crippen molar-refractivity contribution in [2.24, 2.45) is 5.92 Å². The highest BCUT2D eigenvalue weighted by Gasteiger charge is 2.01. The van der Waals surface area contributed by atoms with E-state index in [-0.39, 0.29) is 5.82 Å². The Labute approximate surface area is 118 Å². The van der Waals surface area contributed by atoms with Gasteiger partial charge in [-0.3, -0.25) is 0 Å². The van der Waals surface area contributed by atoms with Crippen LogP contribution in [0.1, 0.15) is 20.3 Å². The number of rotatable bonds is 6. The van der Waals surface area contributed by atoms with E-state index in [4.69, 9.17) is 0 Å². The van der Waals surface area contributed by atoms with Gasteiger partial charge < -0.3 is 10.6 Å². The molecule has 0 atom stereocenters. The topological polar surface area (TPSA) is 49.8 Å². The van der Waals surface area contributed by atoms with Gasteiger partial charge in [0.1, 0.15) is 11.6 Å². The van der Waals surface area contributed by atoms with Crippen molar-refractivity contribution in [3.8, 4) is 0 Å². The van der Waals surface area contributed by atoms with Crippen LogP contribution in [0, 0.1) is 11.7 Å². The first-order valence-electron chi connectivity index (χ1n) is 6.73. The molecule has 0 aliphatic rings. The van der Waals surface area contributed by atoms with Gasteiger partial charge in [0.2, 0.25) is 5.95 Å². The Hall–Kier alpha value is -2.17. The number of hydrogen-bond acceptors (Lipinski definition) is 4. The Kier molecular flexibility index (Phi) is 4.87. The van der Waals surface area contributed by atoms with Gasteiger partial charge in [-0.05, 0) is 36.6 Å². The fourth-order valence-corrected chi connectivity index (χ4v) is 1.70. The molecule has 2 rings (SSSR count). The summed E-state index contributed by atoms with van der Waals surface area (Å²) in [6.07, 6.45) is 2.75. The molecule has 0 aliphatic heterocycles. The van der Waals surface area contributed by atoms with E-state index in [2.05, 4.69) is 34.4 Å². The molecule has 1 aromatic heterocycles. The Balaban J connectivity index is 1.99. The highest BCUT2D eigenvalue weighted by atomic mass is 19.1. The highest BCUT2D eigenvalue weighted by molar-refractivity contribution is 5.54. The second kappa shape index (κ2) is 6.84. The molecule has 1 aromatic carbocycles. The minimum atomic E-state index is -0.291. The molecule has 0 aliphatic carbocycles. The molecule has 2 N–H and O–H groups in total. The first-order chi connectivity index (χ1) is 9.63. The molecule has 5 heteroatoms. The smallest absolute Gasteiger partial charge is 0.229 e. The van der Waals surface area contributed by atoms with Crippen molar-refractivity contribution in [2.75, 3.05) is 17.2 Å². The van der Waals surface area contributed by atoms with Crippen molar-refractivity contribution in [1.29, 1.82) is 0 Å². The van der Waals surface area contributed by atoms with Gasteiger partial charge in [-0.2, -0.15) is 4.98 Å². The van der Waals surface area contributed by atoms with Gasteiger partial charge >= 0.3 is 0 Å². The molecule has 0 unspecified atom stereocenters. The first-order valence-corrected chi connectivity index (χ1v) is 6.73. The number of nitrogens with one attached hydrogen (secondary N) is 2. The monoisotopic (exact) mass is 274 g/mol. The van der Waals surface area contributed by atoms with E-state index >= 15 is 0 Å². The molecule has 4 nitrogen and oxygen atoms in total. The molecule has 0 fully saturated rings. The lowest BCUT2D eigenvalue weighted by molar-refractivity contribution is 0.606. The van der Waals surface area contributed by atoms with Gasteiger partial charge in [0.25, 0.3) is 0 Å². The number of aromatic nitrogens is 2. The molecule has 0 spiro atoms. The Morgan fingerprint density at radius 3 is 2.85 bits per heavy atom. The zero-order chi connectivity index (χ0) is 14.4. The molecule has 2 aromatic rings. The maximum atomic E-state index is 13.1. The second-order valence-corrected chi connectivity index (χ2v) is 5.01. The molecule has 20 heavy (non-hydrogen) atoms. The van der Waals surface area contributed by atoms with E-state index in [1.807, 2.05) is 6.07 Å². The SMILES string of the molecule is CC(C)CCNc1ccnc(Nc2cccc(F)c2)n1. The lowest BCUT2D eigenvalue weighted by atomic mass is 10.1. The Morgan fingerprint density at radius 1 is 1.25 bits per heavy atom. The normalized spacial score (nSPS) is 10.6. The van der Waals surface area contributed by atoms with Crippen molar-refractivity contribution in [1.82, 2.24) is 9.97 Å². The molecular formula is C15H19FN4. The van der Waals surface area contributed by atoms with Gasteiger partial charge in [-0.1, -0.05) is 19.9 Å². The van der Waals surface area contributed by atoms with Crippen molar-refractivity contribution >= 4 is 17.5 Å². The molecule has 0 radical (unpaired) electrons. The fraction of sp³-hybridized carbons (Fsp3) is 0.333. The third-order valence-corrected chi connectivity index (χ3v) is 2.76. The van der Waals surface area contributed by atoms with E-state index in [0.29, 0.717) is 17.6 Å². The largest absolute Gasteiger partial charge is 0.370 e. The van der Waals surface area contributed by atoms with Crippen molar-refractivity contribution in [3.05, 3.63) is 42.3 Å². The Bertz CT molecular complexity index is 557. The zero-order valence-corrected chi connectivity index (χ0v) is 11.7. The summed E-state index contributed by atoms with van der Waals surface area (Å²) in [7, 11) is 0. The van der Waals surface area contributed by atoms with Gasteiger partial charge in [0.15, 0.2) is 0 Å². The highest BCUT2D eigenvalue weighted by Crippen LogP contribution is 2.15. The third-order valence-electron chi connectivity index (χ3n) is 2.76. The predicted molar refractivity (Wildman–Crippen MR) is 79.7 cm³/mol. The molecule has 106 valence electrons. The van der Waals surface area contributed by atoms with Crippen LogP contribution in [0.5, 0.6) is 0 Å². The summed E-state index contributed by atoms with van der Waals surface area (Å²) in [5.41, 5.74) is 0.629. The van der Waals surface area contributed by atoms with E-state index in [1.165, 1.54) is 12.1 Å². The van der Waals surface area contributed by atoms with Crippen LogP contribution in [-0.4, -0.2) is 16.5 Å². The predicted octanol–water partition coefficient (Wildman–Crippen LogP) is 3.82. The molecule has 0 saturated heterocycles. The minimum Gasteiger partial charge on any atom is -0.370 e. The lowest BCUT2D eigenvalue weighted by Crippen LogP contribution is -2.07. The summed E-state index contributed by atoms with van der Waals surface area (Å²) in [5, 5.41) is 6.23. The van der Waals surface area contributed by atoms with E-state index in [1.54, 1.807) is 18.3 Å². The van der Waals surface area contributed by atoms with Crippen LogP contribution in [0.2, 0.25) is 0 Å². The van der Waals surface area contributed by atoms with Crippen LogP contribution in [-0.2, 0) is 0 Å². The van der Waals surface area contributed by atoms with Crippen LogP contribution in [0.15, 0.2) is 36.5 Å². The van der Waals surface area contributed by atoms with E-state index < -0.39 is 0 Å². The first kappa shape index (κ1) is 14.2. The van der Waals surface area contributed by atoms with Crippen LogP contribution < -0.4 is 10.6 Å². The van der Waals surface area contributed by atoms with Crippen molar-refractivity contribution < 1.29 is 4.39 Å². The summed E-state index contributed by atoms with van der Waals surface area (Å²) in [4.78, 5) is 8.46. The van der Waals surface area contributed by atoms with Crippen LogP contribution in [0.4, 0.5) is 21.8 Å². The maximum Gasteiger partial charge on any atom is 0.229 e. The maximum absolute atomic E-state index is 13.1. The number of benzene rings is 1. The second-order valence-electron chi connectivity index (χ2n) is 5.01. The van der Waals surface area contributed by atoms with Gasteiger partial charge in [-0.25, -0.2) is 9.37 Å². The van der Waals surface area contributed by atoms with Crippen molar-refractivity contribution in [3.63, 3.8) is 0 Å². The summed E-state index contributed by atoms with van der Waals surface area (Å²) in [6.45, 7) is 5.23. The quantitative estimate of drug-likeness (QED) is 0.840. The zero-order valence-electron chi connectivity index (χ0n) is 11.7. The lowest BCUT2D eigenvalue weighted by Gasteiger charge is -2.09. The van der Waals surface area contributed by atoms with Crippen LogP contribution in [0.25, 0.3) is 0 Å². The number of nitrogens with zero attached hydrogens (tertiary/aromatic N) is 2. The number of anilines is 3. The molecular weight excluding hydrogens is 255 g/mol. The molecule has 0 bridgehead atoms. The third kappa shape index (κ3) is 4.50. The standard InChI is InChI=1S/C15H19FN4/c1-11(2)6-8-17-14-7-9-18-15(20-14)19-13-5-3-4-12(16)10-13/h3-5,7,9-11H,6,8H2,1-2H3,(H2,17,18,19,20). The summed E-state index contributed by atoms with van der Waals surface area (Å²) in [6, 6.07) is 8.03. The molecule has 0 saturated carbocycles. The van der Waals surface area contributed by atoms with Gasteiger partial charge in [0.05, 0.1) is 0 Å². The average molecular weight is 274 g/mol. The van der Waals surface area contributed by atoms with Gasteiger partial charge in [0, 0.05) is 18.4 Å². The Morgan fingerprint density at radius 2 is 2.10 bits per heavy atom. The van der Waals surface area contributed by atoms with Crippen LogP contribution in [0.3, 0.4) is 0 Å². The summed E-state index contributed by atoms with van der Waals surface area (Å²) >= 11 is 0. The van der Waals surface area contributed by atoms with E-state index in [0.717, 1.165) is 18.8 Å². The van der Waals surface area contributed by atoms with Crippen molar-refractivity contribution in [2.45, 2.75) is 20.3 Å². The summed E-state index contributed by atoms with van der Waals surface area (Å²) < 4.78 is 13.1. The average Bonchev–Trinajstić information content (AvgIpc) is 2.39. The number of halogens is 1. The minimum absolute atomic E-state index is 0.291. The summed E-state index contributed by atoms with van der Waals surface area (Å²) in [5.74, 6) is 1.57. The number of hydrogen-bond donors (Lipinski definition) is 2. The molecule has 0 amide bonds. The van der Waals surface area contributed by atoms with Crippen LogP contribution >= 0.6 is 0 Å². The molecule has 1 heterocycles. The van der Waals surface area contributed by atoms with E-state index in [9.17, 15) is 4.39 Å². The van der Waals surface area contributed by atoms with Gasteiger partial charge in [-0.15, -0.1) is 0 Å². The fourth-order valence-electron chi connectivity index (χ4n) is 1.70.